The molecule has 1 fully saturated rings. The Morgan fingerprint density at radius 1 is 1.04 bits per heavy atom. The van der Waals surface area contributed by atoms with Gasteiger partial charge in [0, 0.05) is 19.1 Å². The van der Waals surface area contributed by atoms with Gasteiger partial charge in [0.15, 0.2) is 0 Å². The number of piperidine rings is 1. The monoisotopic (exact) mass is 356 g/mol. The number of para-hydroxylation sites is 1. The zero-order valence-corrected chi connectivity index (χ0v) is 14.4. The van der Waals surface area contributed by atoms with Crippen molar-refractivity contribution in [2.75, 3.05) is 13.1 Å². The van der Waals surface area contributed by atoms with Crippen LogP contribution >= 0.6 is 0 Å². The molecule has 2 aromatic carbocycles. The van der Waals surface area contributed by atoms with Crippen LogP contribution in [0.3, 0.4) is 0 Å². The second-order valence-electron chi connectivity index (χ2n) is 6.31. The Bertz CT molecular complexity index is 741. The van der Waals surface area contributed by atoms with Crippen molar-refractivity contribution in [1.82, 2.24) is 10.2 Å². The van der Waals surface area contributed by atoms with Gasteiger partial charge in [-0.25, -0.2) is 9.18 Å². The third-order valence-corrected chi connectivity index (χ3v) is 4.39. The maximum Gasteiger partial charge on any atom is 0.412 e. The summed E-state index contributed by atoms with van der Waals surface area (Å²) < 4.78 is 18.1. The molecule has 0 aliphatic carbocycles. The fourth-order valence-electron chi connectivity index (χ4n) is 2.95. The van der Waals surface area contributed by atoms with E-state index in [4.69, 9.17) is 4.74 Å². The number of benzene rings is 2. The van der Waals surface area contributed by atoms with Gasteiger partial charge in [0.2, 0.25) is 5.91 Å². The van der Waals surface area contributed by atoms with Crippen LogP contribution in [0.5, 0.6) is 5.75 Å². The molecule has 2 amide bonds. The van der Waals surface area contributed by atoms with Crippen molar-refractivity contribution < 1.29 is 18.7 Å². The van der Waals surface area contributed by atoms with E-state index in [9.17, 15) is 14.0 Å². The summed E-state index contributed by atoms with van der Waals surface area (Å²) in [5.74, 6) is 0.203. The summed E-state index contributed by atoms with van der Waals surface area (Å²) in [5.41, 5.74) is 0.795. The highest BCUT2D eigenvalue weighted by atomic mass is 19.1. The molecule has 1 heterocycles. The first kappa shape index (κ1) is 17.9. The van der Waals surface area contributed by atoms with Gasteiger partial charge < -0.3 is 15.0 Å². The van der Waals surface area contributed by atoms with Gasteiger partial charge in [-0.1, -0.05) is 30.3 Å². The predicted octanol–water partition coefficient (Wildman–Crippen LogP) is 3.15. The average molecular weight is 356 g/mol. The first-order chi connectivity index (χ1) is 12.6. The lowest BCUT2D eigenvalue weighted by molar-refractivity contribution is -0.131. The molecule has 0 aromatic heterocycles. The Labute approximate surface area is 151 Å². The molecule has 1 aliphatic heterocycles. The molecule has 0 unspecified atom stereocenters. The quantitative estimate of drug-likeness (QED) is 0.916. The number of carbonyl (C=O) groups excluding carboxylic acids is 2. The Morgan fingerprint density at radius 3 is 2.35 bits per heavy atom. The molecule has 0 spiro atoms. The number of likely N-dealkylation sites (tertiary alicyclic amines) is 1. The van der Waals surface area contributed by atoms with E-state index < -0.39 is 6.09 Å². The number of halogens is 1. The van der Waals surface area contributed by atoms with Crippen molar-refractivity contribution >= 4 is 12.0 Å². The lowest BCUT2D eigenvalue weighted by Crippen LogP contribution is -2.47. The zero-order valence-electron chi connectivity index (χ0n) is 14.4. The van der Waals surface area contributed by atoms with Crippen LogP contribution in [0.25, 0.3) is 0 Å². The molecule has 0 bridgehead atoms. The van der Waals surface area contributed by atoms with E-state index in [1.165, 1.54) is 12.1 Å². The van der Waals surface area contributed by atoms with Crippen LogP contribution in [-0.2, 0) is 11.2 Å². The summed E-state index contributed by atoms with van der Waals surface area (Å²) in [6.45, 7) is 1.16. The predicted molar refractivity (Wildman–Crippen MR) is 95.3 cm³/mol. The highest BCUT2D eigenvalue weighted by Crippen LogP contribution is 2.14. The molecule has 3 rings (SSSR count). The van der Waals surface area contributed by atoms with E-state index in [1.54, 1.807) is 41.3 Å². The highest BCUT2D eigenvalue weighted by Gasteiger charge is 2.24. The second kappa shape index (κ2) is 8.47. The van der Waals surface area contributed by atoms with E-state index in [0.29, 0.717) is 31.7 Å². The number of hydrogen-bond acceptors (Lipinski definition) is 3. The first-order valence-corrected chi connectivity index (χ1v) is 8.66. The molecule has 26 heavy (non-hydrogen) atoms. The topological polar surface area (TPSA) is 58.6 Å². The molecular weight excluding hydrogens is 335 g/mol. The summed E-state index contributed by atoms with van der Waals surface area (Å²) >= 11 is 0. The van der Waals surface area contributed by atoms with E-state index in [2.05, 4.69) is 5.32 Å². The largest absolute Gasteiger partial charge is 0.412 e. The van der Waals surface area contributed by atoms with Gasteiger partial charge in [-0.3, -0.25) is 4.79 Å². The molecule has 1 N–H and O–H groups in total. The summed E-state index contributed by atoms with van der Waals surface area (Å²) in [7, 11) is 0. The molecule has 1 aliphatic rings. The smallest absolute Gasteiger partial charge is 0.410 e. The molecular formula is C20H21FN2O3. The minimum absolute atomic E-state index is 0.0129. The average Bonchev–Trinajstić information content (AvgIpc) is 2.65. The van der Waals surface area contributed by atoms with Crippen LogP contribution in [0.2, 0.25) is 0 Å². The molecule has 1 saturated heterocycles. The minimum Gasteiger partial charge on any atom is -0.410 e. The third kappa shape index (κ3) is 5.05. The second-order valence-corrected chi connectivity index (χ2v) is 6.31. The standard InChI is InChI=1S/C20H21FN2O3/c21-16-8-6-15(7-9-16)14-19(24)23-12-10-17(11-13-23)22-20(25)26-18-4-2-1-3-5-18/h1-9,17H,10-14H2,(H,22,25). The number of amides is 2. The molecule has 2 aromatic rings. The van der Waals surface area contributed by atoms with E-state index in [1.807, 2.05) is 6.07 Å². The van der Waals surface area contributed by atoms with Crippen LogP contribution < -0.4 is 10.1 Å². The molecule has 6 heteroatoms. The lowest BCUT2D eigenvalue weighted by atomic mass is 10.0. The Kier molecular flexibility index (Phi) is 5.84. The molecule has 5 nitrogen and oxygen atoms in total. The molecule has 0 atom stereocenters. The summed E-state index contributed by atoms with van der Waals surface area (Å²) in [6, 6.07) is 14.8. The van der Waals surface area contributed by atoms with Crippen molar-refractivity contribution in [2.24, 2.45) is 0 Å². The van der Waals surface area contributed by atoms with Crippen LogP contribution in [0, 0.1) is 5.82 Å². The maximum atomic E-state index is 12.9. The number of nitrogens with one attached hydrogen (secondary N) is 1. The Morgan fingerprint density at radius 2 is 1.69 bits per heavy atom. The normalized spacial score (nSPS) is 14.7. The van der Waals surface area contributed by atoms with Gasteiger partial charge in [-0.05, 0) is 42.7 Å². The van der Waals surface area contributed by atoms with Gasteiger partial charge in [-0.15, -0.1) is 0 Å². The van der Waals surface area contributed by atoms with Crippen LogP contribution in [0.15, 0.2) is 54.6 Å². The van der Waals surface area contributed by atoms with Gasteiger partial charge >= 0.3 is 6.09 Å². The van der Waals surface area contributed by atoms with Crippen molar-refractivity contribution in [3.63, 3.8) is 0 Å². The number of hydrogen-bond donors (Lipinski definition) is 1. The summed E-state index contributed by atoms with van der Waals surface area (Å²) in [5, 5.41) is 2.84. The summed E-state index contributed by atoms with van der Waals surface area (Å²) in [6.07, 6.45) is 1.14. The zero-order chi connectivity index (χ0) is 18.4. The molecule has 0 saturated carbocycles. The SMILES string of the molecule is O=C(NC1CCN(C(=O)Cc2ccc(F)cc2)CC1)Oc1ccccc1. The number of ether oxygens (including phenoxy) is 1. The van der Waals surface area contributed by atoms with Gasteiger partial charge in [0.25, 0.3) is 0 Å². The van der Waals surface area contributed by atoms with Crippen LogP contribution in [-0.4, -0.2) is 36.0 Å². The summed E-state index contributed by atoms with van der Waals surface area (Å²) in [4.78, 5) is 26.0. The fourth-order valence-corrected chi connectivity index (χ4v) is 2.95. The first-order valence-electron chi connectivity index (χ1n) is 8.66. The van der Waals surface area contributed by atoms with E-state index >= 15 is 0 Å². The van der Waals surface area contributed by atoms with E-state index in [0.717, 1.165) is 5.56 Å². The molecule has 136 valence electrons. The van der Waals surface area contributed by atoms with Crippen LogP contribution in [0.1, 0.15) is 18.4 Å². The lowest BCUT2D eigenvalue weighted by Gasteiger charge is -2.32. The van der Waals surface area contributed by atoms with Crippen LogP contribution in [0.4, 0.5) is 9.18 Å². The van der Waals surface area contributed by atoms with Gasteiger partial charge in [0.05, 0.1) is 6.42 Å². The third-order valence-electron chi connectivity index (χ3n) is 4.39. The van der Waals surface area contributed by atoms with Crippen molar-refractivity contribution in [2.45, 2.75) is 25.3 Å². The fraction of sp³-hybridized carbons (Fsp3) is 0.300. The van der Waals surface area contributed by atoms with Crippen molar-refractivity contribution in [1.29, 1.82) is 0 Å². The van der Waals surface area contributed by atoms with Gasteiger partial charge in [-0.2, -0.15) is 0 Å². The van der Waals surface area contributed by atoms with Gasteiger partial charge in [0.1, 0.15) is 11.6 Å². The minimum atomic E-state index is -0.479. The van der Waals surface area contributed by atoms with E-state index in [-0.39, 0.29) is 24.2 Å². The maximum absolute atomic E-state index is 12.9. The number of rotatable bonds is 4. The number of carbonyl (C=O) groups is 2. The number of nitrogens with zero attached hydrogens (tertiary/aromatic N) is 1. The van der Waals surface area contributed by atoms with Crippen molar-refractivity contribution in [3.8, 4) is 5.75 Å². The highest BCUT2D eigenvalue weighted by molar-refractivity contribution is 5.79. The van der Waals surface area contributed by atoms with Crippen molar-refractivity contribution in [3.05, 3.63) is 66.0 Å². The Hall–Kier alpha value is -2.89. The Balaban J connectivity index is 1.42. The molecule has 0 radical (unpaired) electrons.